The van der Waals surface area contributed by atoms with Crippen LogP contribution in [0.2, 0.25) is 0 Å². The lowest BCUT2D eigenvalue weighted by molar-refractivity contribution is 0.164. The second-order valence-electron chi connectivity index (χ2n) is 6.34. The van der Waals surface area contributed by atoms with E-state index in [1.807, 2.05) is 6.20 Å². The zero-order valence-electron chi connectivity index (χ0n) is 14.2. The lowest BCUT2D eigenvalue weighted by atomic mass is 9.89. The number of nitrogens with zero attached hydrogens (tertiary/aromatic N) is 2. The second-order valence-corrected chi connectivity index (χ2v) is 7.48. The van der Waals surface area contributed by atoms with Crippen molar-refractivity contribution in [3.8, 4) is 5.75 Å². The summed E-state index contributed by atoms with van der Waals surface area (Å²) >= 11 is 1.57. The summed E-state index contributed by atoms with van der Waals surface area (Å²) in [5.74, 6) is 0.916. The van der Waals surface area contributed by atoms with E-state index in [1.54, 1.807) is 18.4 Å². The number of thiazole rings is 1. The molecule has 1 aromatic heterocycles. The van der Waals surface area contributed by atoms with Crippen LogP contribution in [-0.4, -0.2) is 17.0 Å². The lowest BCUT2D eigenvalue weighted by Crippen LogP contribution is -2.33. The van der Waals surface area contributed by atoms with Crippen LogP contribution in [0.3, 0.4) is 0 Å². The third kappa shape index (κ3) is 3.38. The minimum absolute atomic E-state index is 0.352. The van der Waals surface area contributed by atoms with Crippen molar-refractivity contribution >= 4 is 16.5 Å². The van der Waals surface area contributed by atoms with Crippen LogP contribution in [0.4, 0.5) is 5.13 Å². The van der Waals surface area contributed by atoms with Crippen molar-refractivity contribution in [1.82, 2.24) is 9.88 Å². The molecule has 0 radical (unpaired) electrons. The zero-order chi connectivity index (χ0) is 17.2. The first kappa shape index (κ1) is 16.1. The van der Waals surface area contributed by atoms with Crippen LogP contribution in [-0.2, 0) is 19.5 Å². The fraction of sp³-hybridized carbons (Fsp3) is 0.250. The number of nitrogen functional groups attached to an aromatic ring is 1. The van der Waals surface area contributed by atoms with E-state index in [1.165, 1.54) is 21.6 Å². The maximum atomic E-state index is 5.82. The van der Waals surface area contributed by atoms with Gasteiger partial charge in [-0.1, -0.05) is 36.4 Å². The van der Waals surface area contributed by atoms with Crippen LogP contribution < -0.4 is 10.5 Å². The van der Waals surface area contributed by atoms with Gasteiger partial charge in [0.1, 0.15) is 5.75 Å². The molecule has 2 aromatic carbocycles. The molecular formula is C20H21N3OS. The highest BCUT2D eigenvalue weighted by atomic mass is 32.1. The van der Waals surface area contributed by atoms with Gasteiger partial charge in [-0.05, 0) is 35.2 Å². The normalized spacial score (nSPS) is 17.2. The molecule has 2 heterocycles. The number of rotatable bonds is 4. The Labute approximate surface area is 151 Å². The number of hydrogen-bond donors (Lipinski definition) is 1. The summed E-state index contributed by atoms with van der Waals surface area (Å²) in [4.78, 5) is 7.90. The van der Waals surface area contributed by atoms with Crippen LogP contribution in [0.25, 0.3) is 0 Å². The highest BCUT2D eigenvalue weighted by Gasteiger charge is 2.28. The topological polar surface area (TPSA) is 51.4 Å². The third-order valence-corrected chi connectivity index (χ3v) is 5.57. The molecule has 2 N–H and O–H groups in total. The van der Waals surface area contributed by atoms with E-state index in [4.69, 9.17) is 10.5 Å². The average molecular weight is 351 g/mol. The Bertz CT molecular complexity index is 862. The molecule has 1 atom stereocenters. The fourth-order valence-electron chi connectivity index (χ4n) is 3.51. The van der Waals surface area contributed by atoms with Gasteiger partial charge in [-0.3, -0.25) is 4.90 Å². The van der Waals surface area contributed by atoms with E-state index in [0.29, 0.717) is 11.2 Å². The average Bonchev–Trinajstić information content (AvgIpc) is 3.06. The van der Waals surface area contributed by atoms with Gasteiger partial charge < -0.3 is 10.5 Å². The number of aromatic nitrogens is 1. The first-order valence-corrected chi connectivity index (χ1v) is 9.19. The van der Waals surface area contributed by atoms with E-state index >= 15 is 0 Å². The van der Waals surface area contributed by atoms with Crippen LogP contribution in [0.5, 0.6) is 5.75 Å². The number of nitrogens with two attached hydrogens (primary N) is 1. The molecule has 0 saturated heterocycles. The maximum absolute atomic E-state index is 5.82. The molecule has 4 nitrogen and oxygen atoms in total. The van der Waals surface area contributed by atoms with Gasteiger partial charge in [0.2, 0.25) is 0 Å². The molecule has 0 spiro atoms. The van der Waals surface area contributed by atoms with Gasteiger partial charge in [0.15, 0.2) is 5.13 Å². The molecular weight excluding hydrogens is 330 g/mol. The Kier molecular flexibility index (Phi) is 4.42. The van der Waals surface area contributed by atoms with Gasteiger partial charge in [-0.25, -0.2) is 4.98 Å². The van der Waals surface area contributed by atoms with E-state index < -0.39 is 0 Å². The van der Waals surface area contributed by atoms with Crippen molar-refractivity contribution in [3.63, 3.8) is 0 Å². The molecule has 4 rings (SSSR count). The molecule has 0 bridgehead atoms. The molecule has 128 valence electrons. The Morgan fingerprint density at radius 1 is 1.20 bits per heavy atom. The van der Waals surface area contributed by atoms with Crippen molar-refractivity contribution in [1.29, 1.82) is 0 Å². The summed E-state index contributed by atoms with van der Waals surface area (Å²) in [6.07, 6.45) is 2.89. The Morgan fingerprint density at radius 3 is 2.76 bits per heavy atom. The fourth-order valence-corrected chi connectivity index (χ4v) is 4.22. The van der Waals surface area contributed by atoms with Crippen molar-refractivity contribution in [2.75, 3.05) is 12.8 Å². The quantitative estimate of drug-likeness (QED) is 0.771. The lowest BCUT2D eigenvalue weighted by Gasteiger charge is -2.37. The van der Waals surface area contributed by atoms with Gasteiger partial charge in [0.05, 0.1) is 7.11 Å². The van der Waals surface area contributed by atoms with Gasteiger partial charge in [0.25, 0.3) is 0 Å². The van der Waals surface area contributed by atoms with Crippen LogP contribution in [0.1, 0.15) is 27.6 Å². The number of ether oxygens (including phenoxy) is 1. The van der Waals surface area contributed by atoms with E-state index in [9.17, 15) is 0 Å². The van der Waals surface area contributed by atoms with Gasteiger partial charge >= 0.3 is 0 Å². The molecule has 0 amide bonds. The number of hydrogen-bond acceptors (Lipinski definition) is 5. The van der Waals surface area contributed by atoms with Gasteiger partial charge in [-0.15, -0.1) is 11.3 Å². The number of benzene rings is 2. The summed E-state index contributed by atoms with van der Waals surface area (Å²) < 4.78 is 5.41. The SMILES string of the molecule is COc1ccc2c(c1)CN(Cc1cnc(N)s1)C(c1ccccc1)C2. The zero-order valence-corrected chi connectivity index (χ0v) is 15.0. The van der Waals surface area contributed by atoms with Crippen molar-refractivity contribution in [2.45, 2.75) is 25.6 Å². The first-order chi connectivity index (χ1) is 12.2. The minimum atomic E-state index is 0.352. The van der Waals surface area contributed by atoms with E-state index in [0.717, 1.165) is 25.3 Å². The second kappa shape index (κ2) is 6.86. The molecule has 1 aliphatic rings. The monoisotopic (exact) mass is 351 g/mol. The van der Waals surface area contributed by atoms with Crippen LogP contribution in [0, 0.1) is 0 Å². The summed E-state index contributed by atoms with van der Waals surface area (Å²) in [6, 6.07) is 17.5. The molecule has 3 aromatic rings. The van der Waals surface area contributed by atoms with Crippen molar-refractivity contribution < 1.29 is 4.74 Å². The smallest absolute Gasteiger partial charge is 0.180 e. The van der Waals surface area contributed by atoms with E-state index in [2.05, 4.69) is 58.4 Å². The number of fused-ring (bicyclic) bond motifs is 1. The Balaban J connectivity index is 1.68. The molecule has 1 aliphatic heterocycles. The van der Waals surface area contributed by atoms with Gasteiger partial charge in [-0.2, -0.15) is 0 Å². The Morgan fingerprint density at radius 2 is 2.04 bits per heavy atom. The van der Waals surface area contributed by atoms with E-state index in [-0.39, 0.29) is 0 Å². The van der Waals surface area contributed by atoms with Crippen molar-refractivity contribution in [2.24, 2.45) is 0 Å². The maximum Gasteiger partial charge on any atom is 0.180 e. The number of anilines is 1. The minimum Gasteiger partial charge on any atom is -0.497 e. The summed E-state index contributed by atoms with van der Waals surface area (Å²) in [5.41, 5.74) is 9.90. The molecule has 0 fully saturated rings. The van der Waals surface area contributed by atoms with Crippen molar-refractivity contribution in [3.05, 3.63) is 76.3 Å². The standard InChI is InChI=1S/C20H21N3OS/c1-24-17-8-7-15-10-19(14-5-3-2-4-6-14)23(12-16(15)9-17)13-18-11-22-20(21)25-18/h2-9,11,19H,10,12-13H2,1H3,(H2,21,22). The van der Waals surface area contributed by atoms with Crippen LogP contribution >= 0.6 is 11.3 Å². The summed E-state index contributed by atoms with van der Waals surface area (Å²) in [7, 11) is 1.72. The third-order valence-electron chi connectivity index (χ3n) is 4.76. The van der Waals surface area contributed by atoms with Crippen LogP contribution in [0.15, 0.2) is 54.7 Å². The van der Waals surface area contributed by atoms with Gasteiger partial charge in [0, 0.05) is 30.2 Å². The molecule has 5 heteroatoms. The predicted molar refractivity (Wildman–Crippen MR) is 102 cm³/mol. The summed E-state index contributed by atoms with van der Waals surface area (Å²) in [6.45, 7) is 1.75. The molecule has 1 unspecified atom stereocenters. The first-order valence-electron chi connectivity index (χ1n) is 8.38. The highest BCUT2D eigenvalue weighted by molar-refractivity contribution is 7.15. The number of methoxy groups -OCH3 is 1. The molecule has 0 saturated carbocycles. The Hall–Kier alpha value is -2.37. The molecule has 0 aliphatic carbocycles. The summed E-state index contributed by atoms with van der Waals surface area (Å²) in [5, 5.41) is 0.630. The molecule has 25 heavy (non-hydrogen) atoms. The highest BCUT2D eigenvalue weighted by Crippen LogP contribution is 2.36. The largest absolute Gasteiger partial charge is 0.497 e. The predicted octanol–water partition coefficient (Wildman–Crippen LogP) is 4.03.